The Bertz CT molecular complexity index is 439. The maximum Gasteiger partial charge on any atom is 0.354 e. The van der Waals surface area contributed by atoms with Crippen molar-refractivity contribution >= 4 is 7.68 Å². The van der Waals surface area contributed by atoms with E-state index in [-0.39, 0.29) is 6.54 Å². The van der Waals surface area contributed by atoms with Gasteiger partial charge in [-0.3, -0.25) is 0 Å². The maximum atomic E-state index is 11.2. The largest absolute Gasteiger partial charge is 0.380 e. The molecule has 5 nitrogen and oxygen atoms in total. The molecule has 2 N–H and O–H groups in total. The number of methoxy groups -OCH3 is 1. The highest BCUT2D eigenvalue weighted by Gasteiger charge is 2.35. The van der Waals surface area contributed by atoms with Crippen molar-refractivity contribution in [3.05, 3.63) is 35.4 Å². The fourth-order valence-corrected chi connectivity index (χ4v) is 2.23. The molecule has 0 aliphatic rings. The Kier molecular flexibility index (Phi) is 5.02. The van der Waals surface area contributed by atoms with Crippen LogP contribution < -0.4 is 5.32 Å². The molecule has 1 atom stereocenters. The molecule has 6 heteroatoms. The molecule has 0 heterocycles. The second-order valence-electron chi connectivity index (χ2n) is 3.74. The van der Waals surface area contributed by atoms with Crippen molar-refractivity contribution in [1.29, 1.82) is 0 Å². The van der Waals surface area contributed by atoms with Gasteiger partial charge in [-0.1, -0.05) is 18.2 Å². The maximum absolute atomic E-state index is 11.2. The van der Waals surface area contributed by atoms with Crippen LogP contribution in [0.4, 0.5) is 0 Å². The highest BCUT2D eigenvalue weighted by atomic mass is 31.1. The summed E-state index contributed by atoms with van der Waals surface area (Å²) in [5.41, 5.74) is 1.16. The summed E-state index contributed by atoms with van der Waals surface area (Å²) in [4.78, 5) is 0. The van der Waals surface area contributed by atoms with E-state index in [0.29, 0.717) is 12.2 Å². The lowest BCUT2D eigenvalue weighted by Crippen LogP contribution is -2.32. The molecular weight excluding hydrogens is 241 g/mol. The van der Waals surface area contributed by atoms with Crippen LogP contribution in [-0.2, 0) is 25.8 Å². The van der Waals surface area contributed by atoms with Crippen molar-refractivity contribution in [3.8, 4) is 0 Å². The monoisotopic (exact) mass is 257 g/mol. The van der Waals surface area contributed by atoms with E-state index in [0.717, 1.165) is 5.56 Å². The van der Waals surface area contributed by atoms with Gasteiger partial charge >= 0.3 is 7.68 Å². The van der Waals surface area contributed by atoms with E-state index in [9.17, 15) is 14.2 Å². The van der Waals surface area contributed by atoms with Crippen molar-refractivity contribution < 1.29 is 19.0 Å². The Balaban J connectivity index is 3.14. The number of nitrogens with one attached hydrogen (secondary N) is 1. The van der Waals surface area contributed by atoms with Crippen LogP contribution in [0.25, 0.3) is 0 Å². The van der Waals surface area contributed by atoms with Gasteiger partial charge in [0, 0.05) is 13.7 Å². The predicted molar refractivity (Wildman–Crippen MR) is 63.3 cm³/mol. The van der Waals surface area contributed by atoms with Gasteiger partial charge in [0.25, 0.3) is 0 Å². The van der Waals surface area contributed by atoms with Gasteiger partial charge in [0.2, 0.25) is 5.34 Å². The number of hydrogen-bond acceptors (Lipinski definition) is 5. The van der Waals surface area contributed by atoms with Crippen LogP contribution in [0, 0.1) is 0 Å². The third kappa shape index (κ3) is 3.23. The Morgan fingerprint density at radius 1 is 1.47 bits per heavy atom. The Morgan fingerprint density at radius 3 is 2.71 bits per heavy atom. The molecule has 0 radical (unpaired) electrons. The normalized spacial score (nSPS) is 14.3. The van der Waals surface area contributed by atoms with Gasteiger partial charge in [0.05, 0.1) is 6.61 Å². The molecule has 0 aliphatic heterocycles. The lowest BCUT2D eigenvalue weighted by atomic mass is 10.1. The first-order chi connectivity index (χ1) is 8.04. The molecular formula is C11H16NO4P. The lowest BCUT2D eigenvalue weighted by Gasteiger charge is -2.20. The molecule has 94 valence electrons. The van der Waals surface area contributed by atoms with Gasteiger partial charge < -0.3 is 15.2 Å². The summed E-state index contributed by atoms with van der Waals surface area (Å²) < 4.78 is 27.4. The van der Waals surface area contributed by atoms with E-state index in [1.807, 2.05) is 6.07 Å². The predicted octanol–water partition coefficient (Wildman–Crippen LogP) is 1.37. The molecule has 0 aliphatic carbocycles. The number of hydrogen-bond donors (Lipinski definition) is 2. The van der Waals surface area contributed by atoms with Crippen molar-refractivity contribution in [1.82, 2.24) is 5.32 Å². The quantitative estimate of drug-likeness (QED) is 0.753. The van der Waals surface area contributed by atoms with Crippen LogP contribution in [-0.4, -0.2) is 25.8 Å². The number of rotatable bonds is 6. The molecule has 0 fully saturated rings. The summed E-state index contributed by atoms with van der Waals surface area (Å²) in [7, 11) is 0.145. The summed E-state index contributed by atoms with van der Waals surface area (Å²) in [6, 6.07) is 6.72. The lowest BCUT2D eigenvalue weighted by molar-refractivity contribution is 0.122. The SMILES string of the molecule is CNCC(O)(c1cccc(COC)c1)P(=O)=O. The van der Waals surface area contributed by atoms with Gasteiger partial charge in [0.1, 0.15) is 0 Å². The first-order valence-corrected chi connectivity index (χ1v) is 6.32. The zero-order valence-electron chi connectivity index (χ0n) is 9.84. The van der Waals surface area contributed by atoms with Crippen LogP contribution in [0.5, 0.6) is 0 Å². The molecule has 0 saturated heterocycles. The highest BCUT2D eigenvalue weighted by molar-refractivity contribution is 7.32. The van der Waals surface area contributed by atoms with Crippen LogP contribution in [0.1, 0.15) is 11.1 Å². The number of benzene rings is 1. The Morgan fingerprint density at radius 2 is 2.18 bits per heavy atom. The van der Waals surface area contributed by atoms with Gasteiger partial charge in [0.15, 0.2) is 0 Å². The highest BCUT2D eigenvalue weighted by Crippen LogP contribution is 2.36. The van der Waals surface area contributed by atoms with E-state index in [1.54, 1.807) is 32.4 Å². The molecule has 0 saturated carbocycles. The van der Waals surface area contributed by atoms with Crippen molar-refractivity contribution in [2.75, 3.05) is 20.7 Å². The minimum Gasteiger partial charge on any atom is -0.380 e. The van der Waals surface area contributed by atoms with Gasteiger partial charge in [-0.05, 0) is 24.2 Å². The second-order valence-corrected chi connectivity index (χ2v) is 4.99. The Hall–Kier alpha value is -1.00. The summed E-state index contributed by atoms with van der Waals surface area (Å²) in [5, 5.41) is 10.9. The third-order valence-corrected chi connectivity index (χ3v) is 3.45. The average Bonchev–Trinajstić information content (AvgIpc) is 2.30. The molecule has 17 heavy (non-hydrogen) atoms. The second kappa shape index (κ2) is 6.07. The van der Waals surface area contributed by atoms with Crippen molar-refractivity contribution in [2.45, 2.75) is 11.9 Å². The van der Waals surface area contributed by atoms with E-state index >= 15 is 0 Å². The molecule has 0 bridgehead atoms. The standard InChI is InChI=1S/C11H16NO4P/c1-12-8-11(13,17(14)15)10-5-3-4-9(6-10)7-16-2/h3-6,12-13H,7-8H2,1-2H3. The van der Waals surface area contributed by atoms with Crippen molar-refractivity contribution in [2.24, 2.45) is 0 Å². The topological polar surface area (TPSA) is 75.6 Å². The molecule has 0 amide bonds. The van der Waals surface area contributed by atoms with E-state index in [2.05, 4.69) is 5.32 Å². The smallest absolute Gasteiger partial charge is 0.354 e. The summed E-state index contributed by atoms with van der Waals surface area (Å²) in [5.74, 6) is 0. The average molecular weight is 257 g/mol. The van der Waals surface area contributed by atoms with Crippen LogP contribution >= 0.6 is 7.68 Å². The first kappa shape index (κ1) is 14.1. The number of aliphatic hydroxyl groups is 1. The molecule has 1 rings (SSSR count). The minimum absolute atomic E-state index is 0.0534. The molecule has 1 aromatic carbocycles. The minimum atomic E-state index is -3.00. The van der Waals surface area contributed by atoms with E-state index < -0.39 is 13.0 Å². The van der Waals surface area contributed by atoms with Crippen molar-refractivity contribution in [3.63, 3.8) is 0 Å². The zero-order chi connectivity index (χ0) is 12.9. The van der Waals surface area contributed by atoms with Gasteiger partial charge in [-0.2, -0.15) is 0 Å². The summed E-state index contributed by atoms with van der Waals surface area (Å²) >= 11 is 0. The molecule has 0 aromatic heterocycles. The molecule has 1 aromatic rings. The molecule has 1 unspecified atom stereocenters. The Labute approximate surface area is 101 Å². The van der Waals surface area contributed by atoms with Crippen LogP contribution in [0.15, 0.2) is 24.3 Å². The molecule has 0 spiro atoms. The van der Waals surface area contributed by atoms with Crippen LogP contribution in [0.3, 0.4) is 0 Å². The van der Waals surface area contributed by atoms with Gasteiger partial charge in [-0.25, -0.2) is 9.13 Å². The fourth-order valence-electron chi connectivity index (χ4n) is 1.60. The van der Waals surface area contributed by atoms with E-state index in [1.165, 1.54) is 0 Å². The number of likely N-dealkylation sites (N-methyl/N-ethyl adjacent to an activating group) is 1. The fraction of sp³-hybridized carbons (Fsp3) is 0.455. The third-order valence-electron chi connectivity index (χ3n) is 2.43. The summed E-state index contributed by atoms with van der Waals surface area (Å²) in [6.45, 7) is 0.321. The van der Waals surface area contributed by atoms with E-state index in [4.69, 9.17) is 4.74 Å². The number of ether oxygens (including phenoxy) is 1. The zero-order valence-corrected chi connectivity index (χ0v) is 10.7. The first-order valence-electron chi connectivity index (χ1n) is 5.14. The van der Waals surface area contributed by atoms with Gasteiger partial charge in [-0.15, -0.1) is 0 Å². The summed E-state index contributed by atoms with van der Waals surface area (Å²) in [6.07, 6.45) is 0. The van der Waals surface area contributed by atoms with Crippen LogP contribution in [0.2, 0.25) is 0 Å².